The third-order valence-corrected chi connectivity index (χ3v) is 2.39. The number of morpholine rings is 1. The summed E-state index contributed by atoms with van der Waals surface area (Å²) in [6.07, 6.45) is 1.57. The molecule has 1 unspecified atom stereocenters. The molecule has 2 heterocycles. The first kappa shape index (κ1) is 9.92. The standard InChI is InChI=1S/C10H11NO4/c1-7(8-3-2-4-14-8)11-5-9(12)15-10(13)6-11/h2-4,7H,5-6H2,1H3. The number of cyclic esters (lactones) is 2. The van der Waals surface area contributed by atoms with Gasteiger partial charge in [0.25, 0.3) is 0 Å². The number of carbonyl (C=O) groups is 2. The molecule has 2 rings (SSSR count). The zero-order chi connectivity index (χ0) is 10.8. The Morgan fingerprint density at radius 3 is 2.53 bits per heavy atom. The van der Waals surface area contributed by atoms with Gasteiger partial charge in [0.15, 0.2) is 0 Å². The van der Waals surface area contributed by atoms with Crippen LogP contribution in [0.5, 0.6) is 0 Å². The highest BCUT2D eigenvalue weighted by Gasteiger charge is 2.29. The van der Waals surface area contributed by atoms with Crippen molar-refractivity contribution < 1.29 is 18.7 Å². The number of ether oxygens (including phenoxy) is 1. The van der Waals surface area contributed by atoms with E-state index in [2.05, 4.69) is 4.74 Å². The molecule has 1 aromatic rings. The number of hydrogen-bond donors (Lipinski definition) is 0. The summed E-state index contributed by atoms with van der Waals surface area (Å²) in [6.45, 7) is 2.12. The fourth-order valence-electron chi connectivity index (χ4n) is 1.56. The monoisotopic (exact) mass is 209 g/mol. The molecule has 1 aromatic heterocycles. The molecule has 1 aliphatic rings. The molecule has 0 saturated carbocycles. The first-order valence-corrected chi connectivity index (χ1v) is 4.68. The predicted molar refractivity (Wildman–Crippen MR) is 49.8 cm³/mol. The SMILES string of the molecule is CC(c1ccco1)N1CC(=O)OC(=O)C1. The smallest absolute Gasteiger partial charge is 0.327 e. The maximum absolute atomic E-state index is 11.0. The van der Waals surface area contributed by atoms with E-state index in [4.69, 9.17) is 4.42 Å². The van der Waals surface area contributed by atoms with E-state index >= 15 is 0 Å². The number of furan rings is 1. The van der Waals surface area contributed by atoms with Crippen molar-refractivity contribution in [3.05, 3.63) is 24.2 Å². The molecule has 5 heteroatoms. The lowest BCUT2D eigenvalue weighted by molar-refractivity contribution is -0.168. The molecular formula is C10H11NO4. The topological polar surface area (TPSA) is 59.8 Å². The van der Waals surface area contributed by atoms with Crippen LogP contribution >= 0.6 is 0 Å². The third kappa shape index (κ3) is 2.07. The average molecular weight is 209 g/mol. The summed E-state index contributed by atoms with van der Waals surface area (Å²) in [5.41, 5.74) is 0. The molecule has 1 fully saturated rings. The number of nitrogens with zero attached hydrogens (tertiary/aromatic N) is 1. The maximum Gasteiger partial charge on any atom is 0.327 e. The molecule has 15 heavy (non-hydrogen) atoms. The van der Waals surface area contributed by atoms with Crippen molar-refractivity contribution in [1.29, 1.82) is 0 Å². The van der Waals surface area contributed by atoms with Gasteiger partial charge < -0.3 is 9.15 Å². The second-order valence-corrected chi connectivity index (χ2v) is 3.44. The summed E-state index contributed by atoms with van der Waals surface area (Å²) in [5.74, 6) is -0.285. The van der Waals surface area contributed by atoms with Crippen molar-refractivity contribution in [3.63, 3.8) is 0 Å². The van der Waals surface area contributed by atoms with Crippen molar-refractivity contribution in [1.82, 2.24) is 4.90 Å². The van der Waals surface area contributed by atoms with E-state index in [1.165, 1.54) is 0 Å². The van der Waals surface area contributed by atoms with Gasteiger partial charge in [-0.1, -0.05) is 0 Å². The van der Waals surface area contributed by atoms with Crippen LogP contribution in [-0.4, -0.2) is 29.9 Å². The van der Waals surface area contributed by atoms with Gasteiger partial charge in [-0.3, -0.25) is 14.5 Å². The molecule has 80 valence electrons. The maximum atomic E-state index is 11.0. The normalized spacial score (nSPS) is 20.1. The summed E-state index contributed by atoms with van der Waals surface area (Å²) in [7, 11) is 0. The van der Waals surface area contributed by atoms with E-state index in [0.29, 0.717) is 0 Å². The first-order valence-electron chi connectivity index (χ1n) is 4.68. The van der Waals surface area contributed by atoms with Gasteiger partial charge in [0.1, 0.15) is 5.76 Å². The highest BCUT2D eigenvalue weighted by Crippen LogP contribution is 2.21. The summed E-state index contributed by atoms with van der Waals surface area (Å²) >= 11 is 0. The molecule has 1 aliphatic heterocycles. The van der Waals surface area contributed by atoms with Crippen LogP contribution in [-0.2, 0) is 14.3 Å². The average Bonchev–Trinajstić information content (AvgIpc) is 2.67. The molecule has 0 bridgehead atoms. The highest BCUT2D eigenvalue weighted by atomic mass is 16.6. The van der Waals surface area contributed by atoms with Crippen LogP contribution in [0.25, 0.3) is 0 Å². The van der Waals surface area contributed by atoms with Gasteiger partial charge in [-0.2, -0.15) is 0 Å². The number of hydrogen-bond acceptors (Lipinski definition) is 5. The Labute approximate surface area is 86.6 Å². The molecule has 0 amide bonds. The Morgan fingerprint density at radius 2 is 2.00 bits per heavy atom. The zero-order valence-corrected chi connectivity index (χ0v) is 8.30. The second-order valence-electron chi connectivity index (χ2n) is 3.44. The summed E-state index contributed by atoms with van der Waals surface area (Å²) in [5, 5.41) is 0. The van der Waals surface area contributed by atoms with E-state index in [1.807, 2.05) is 13.0 Å². The highest BCUT2D eigenvalue weighted by molar-refractivity contribution is 5.90. The van der Waals surface area contributed by atoms with Gasteiger partial charge in [0.2, 0.25) is 0 Å². The lowest BCUT2D eigenvalue weighted by atomic mass is 10.2. The van der Waals surface area contributed by atoms with E-state index < -0.39 is 11.9 Å². The molecular weight excluding hydrogens is 198 g/mol. The molecule has 5 nitrogen and oxygen atoms in total. The molecule has 0 spiro atoms. The van der Waals surface area contributed by atoms with E-state index in [-0.39, 0.29) is 19.1 Å². The predicted octanol–water partition coefficient (Wildman–Crippen LogP) is 0.726. The minimum atomic E-state index is -0.510. The Kier molecular flexibility index (Phi) is 2.55. The van der Waals surface area contributed by atoms with Gasteiger partial charge in [-0.15, -0.1) is 0 Å². The van der Waals surface area contributed by atoms with Crippen LogP contribution in [0.3, 0.4) is 0 Å². The minimum absolute atomic E-state index is 0.100. The van der Waals surface area contributed by atoms with Gasteiger partial charge in [0, 0.05) is 0 Å². The largest absolute Gasteiger partial charge is 0.468 e. The Balaban J connectivity index is 2.10. The van der Waals surface area contributed by atoms with Crippen LogP contribution in [0.1, 0.15) is 18.7 Å². The lowest BCUT2D eigenvalue weighted by Crippen LogP contribution is -2.43. The molecule has 1 atom stereocenters. The second kappa shape index (κ2) is 3.86. The summed E-state index contributed by atoms with van der Waals surface area (Å²) in [4.78, 5) is 23.8. The molecule has 1 saturated heterocycles. The summed E-state index contributed by atoms with van der Waals surface area (Å²) < 4.78 is 9.65. The number of esters is 2. The lowest BCUT2D eigenvalue weighted by Gasteiger charge is -2.28. The van der Waals surface area contributed by atoms with E-state index in [9.17, 15) is 9.59 Å². The van der Waals surface area contributed by atoms with Crippen molar-refractivity contribution >= 4 is 11.9 Å². The van der Waals surface area contributed by atoms with Crippen molar-refractivity contribution in [2.45, 2.75) is 13.0 Å². The van der Waals surface area contributed by atoms with Crippen molar-refractivity contribution in [2.24, 2.45) is 0 Å². The van der Waals surface area contributed by atoms with Crippen LogP contribution < -0.4 is 0 Å². The third-order valence-electron chi connectivity index (χ3n) is 2.39. The molecule has 0 aliphatic carbocycles. The van der Waals surface area contributed by atoms with Crippen molar-refractivity contribution in [2.75, 3.05) is 13.1 Å². The van der Waals surface area contributed by atoms with Gasteiger partial charge in [0.05, 0.1) is 25.4 Å². The van der Waals surface area contributed by atoms with E-state index in [0.717, 1.165) is 5.76 Å². The molecule has 0 N–H and O–H groups in total. The Bertz CT molecular complexity index is 355. The quantitative estimate of drug-likeness (QED) is 0.530. The van der Waals surface area contributed by atoms with Crippen LogP contribution in [0.15, 0.2) is 22.8 Å². The van der Waals surface area contributed by atoms with Gasteiger partial charge >= 0.3 is 11.9 Å². The van der Waals surface area contributed by atoms with Gasteiger partial charge in [-0.05, 0) is 19.1 Å². The molecule has 0 radical (unpaired) electrons. The number of carbonyl (C=O) groups excluding carboxylic acids is 2. The molecule has 0 aromatic carbocycles. The zero-order valence-electron chi connectivity index (χ0n) is 8.30. The van der Waals surface area contributed by atoms with Crippen LogP contribution in [0.2, 0.25) is 0 Å². The fraction of sp³-hybridized carbons (Fsp3) is 0.400. The van der Waals surface area contributed by atoms with E-state index in [1.54, 1.807) is 17.2 Å². The first-order chi connectivity index (χ1) is 7.16. The van der Waals surface area contributed by atoms with Crippen LogP contribution in [0.4, 0.5) is 0 Å². The number of rotatable bonds is 2. The van der Waals surface area contributed by atoms with Crippen molar-refractivity contribution in [3.8, 4) is 0 Å². The summed E-state index contributed by atoms with van der Waals surface area (Å²) in [6, 6.07) is 3.49. The Morgan fingerprint density at radius 1 is 1.33 bits per heavy atom. The fourth-order valence-corrected chi connectivity index (χ4v) is 1.56. The van der Waals surface area contributed by atoms with Crippen LogP contribution in [0, 0.1) is 0 Å². The van der Waals surface area contributed by atoms with Gasteiger partial charge in [-0.25, -0.2) is 0 Å². The minimum Gasteiger partial charge on any atom is -0.468 e. The Hall–Kier alpha value is -1.62.